The summed E-state index contributed by atoms with van der Waals surface area (Å²) in [5, 5.41) is 13.9. The minimum atomic E-state index is -4.61. The molecule has 1 amide bonds. The molecule has 3 atom stereocenters. The third-order valence-corrected chi connectivity index (χ3v) is 15.5. The van der Waals surface area contributed by atoms with Crippen molar-refractivity contribution >= 4 is 13.7 Å². The lowest BCUT2D eigenvalue weighted by atomic mass is 10.0. The molecule has 0 radical (unpaired) electrons. The predicted molar refractivity (Wildman–Crippen MR) is 321 cm³/mol. The summed E-state index contributed by atoms with van der Waals surface area (Å²) in [6, 6.07) is -0.908. The molecule has 9 heteroatoms. The molecule has 436 valence electrons. The number of phosphoric acid groups is 1. The number of rotatable bonds is 59. The third kappa shape index (κ3) is 58.1. The Bertz CT molecular complexity index is 1340. The molecule has 0 aromatic heterocycles. The number of amides is 1. The molecule has 3 unspecified atom stereocenters. The van der Waals surface area contributed by atoms with E-state index in [9.17, 15) is 19.4 Å². The van der Waals surface area contributed by atoms with Crippen molar-refractivity contribution in [3.05, 3.63) is 48.6 Å². The van der Waals surface area contributed by atoms with Crippen LogP contribution in [0, 0.1) is 0 Å². The molecule has 0 aromatic rings. The second-order valence-corrected chi connectivity index (χ2v) is 24.5. The Hall–Kier alpha value is -1.54. The first-order valence-corrected chi connectivity index (χ1v) is 33.5. The summed E-state index contributed by atoms with van der Waals surface area (Å²) in [6.07, 6.45) is 75.0. The van der Waals surface area contributed by atoms with E-state index in [0.717, 1.165) is 44.9 Å². The van der Waals surface area contributed by atoms with Crippen LogP contribution < -0.4 is 10.2 Å². The van der Waals surface area contributed by atoms with Crippen LogP contribution in [0.25, 0.3) is 0 Å². The lowest BCUT2D eigenvalue weighted by Gasteiger charge is -2.29. The van der Waals surface area contributed by atoms with Gasteiger partial charge in [0.25, 0.3) is 7.82 Å². The molecule has 0 aromatic carbocycles. The summed E-state index contributed by atoms with van der Waals surface area (Å²) < 4.78 is 23.4. The van der Waals surface area contributed by atoms with Gasteiger partial charge in [0.2, 0.25) is 5.91 Å². The van der Waals surface area contributed by atoms with E-state index in [1.165, 1.54) is 244 Å². The highest BCUT2D eigenvalue weighted by Crippen LogP contribution is 2.38. The maximum atomic E-state index is 13.0. The number of hydrogen-bond donors (Lipinski definition) is 2. The Morgan fingerprint density at radius 1 is 0.473 bits per heavy atom. The van der Waals surface area contributed by atoms with Gasteiger partial charge in [0, 0.05) is 6.42 Å². The SMILES string of the molecule is CCCCCCC/C=C\C/C=C\CCCCCCCCCCCC(=O)NC(COP(=O)([O-])OCC[N+](C)(C)C)C(O)/C=C/CC/C=C/CCCCCCCCCCCCCCCCCCCCCCCCCCC. The second kappa shape index (κ2) is 56.2. The molecule has 0 fully saturated rings. The maximum absolute atomic E-state index is 13.0. The first-order chi connectivity index (χ1) is 36.0. The second-order valence-electron chi connectivity index (χ2n) is 23.1. The van der Waals surface area contributed by atoms with Gasteiger partial charge in [0.1, 0.15) is 13.2 Å². The average molecular weight is 1060 g/mol. The first-order valence-electron chi connectivity index (χ1n) is 32.0. The number of carbonyl (C=O) groups is 1. The lowest BCUT2D eigenvalue weighted by Crippen LogP contribution is -2.45. The number of nitrogens with zero attached hydrogens (tertiary/aromatic N) is 1. The summed E-state index contributed by atoms with van der Waals surface area (Å²) >= 11 is 0. The molecule has 0 saturated carbocycles. The number of likely N-dealkylation sites (N-methyl/N-ethyl adjacent to an activating group) is 1. The normalized spacial score (nSPS) is 14.1. The minimum absolute atomic E-state index is 0.00773. The van der Waals surface area contributed by atoms with Crippen LogP contribution in [0.3, 0.4) is 0 Å². The molecule has 0 rings (SSSR count). The van der Waals surface area contributed by atoms with Crippen molar-refractivity contribution in [1.29, 1.82) is 0 Å². The number of phosphoric ester groups is 1. The zero-order valence-electron chi connectivity index (χ0n) is 49.8. The Labute approximate surface area is 460 Å². The van der Waals surface area contributed by atoms with Crippen molar-refractivity contribution in [3.8, 4) is 0 Å². The van der Waals surface area contributed by atoms with Gasteiger partial charge in [-0.25, -0.2) is 0 Å². The lowest BCUT2D eigenvalue weighted by molar-refractivity contribution is -0.870. The molecule has 0 aliphatic heterocycles. The van der Waals surface area contributed by atoms with Crippen LogP contribution in [0.2, 0.25) is 0 Å². The van der Waals surface area contributed by atoms with Gasteiger partial charge < -0.3 is 28.8 Å². The van der Waals surface area contributed by atoms with E-state index < -0.39 is 26.6 Å². The summed E-state index contributed by atoms with van der Waals surface area (Å²) in [5.74, 6) is -0.209. The third-order valence-electron chi connectivity index (χ3n) is 14.5. The summed E-state index contributed by atoms with van der Waals surface area (Å²) in [4.78, 5) is 25.5. The molecule has 8 nitrogen and oxygen atoms in total. The van der Waals surface area contributed by atoms with Crippen molar-refractivity contribution in [2.75, 3.05) is 40.9 Å². The quantitative estimate of drug-likeness (QED) is 0.0272. The smallest absolute Gasteiger partial charge is 0.268 e. The van der Waals surface area contributed by atoms with E-state index in [1.54, 1.807) is 6.08 Å². The highest BCUT2D eigenvalue weighted by Gasteiger charge is 2.23. The van der Waals surface area contributed by atoms with Crippen molar-refractivity contribution < 1.29 is 32.9 Å². The van der Waals surface area contributed by atoms with E-state index in [4.69, 9.17) is 9.05 Å². The van der Waals surface area contributed by atoms with E-state index >= 15 is 0 Å². The van der Waals surface area contributed by atoms with Gasteiger partial charge in [-0.15, -0.1) is 0 Å². The van der Waals surface area contributed by atoms with E-state index in [2.05, 4.69) is 55.6 Å². The molecule has 74 heavy (non-hydrogen) atoms. The fraction of sp³-hybridized carbons (Fsp3) is 0.862. The highest BCUT2D eigenvalue weighted by molar-refractivity contribution is 7.45. The zero-order chi connectivity index (χ0) is 54.2. The topological polar surface area (TPSA) is 108 Å². The van der Waals surface area contributed by atoms with Crippen molar-refractivity contribution in [2.24, 2.45) is 0 Å². The fourth-order valence-electron chi connectivity index (χ4n) is 9.50. The number of nitrogens with one attached hydrogen (secondary N) is 1. The first kappa shape index (κ1) is 72.5. The van der Waals surface area contributed by atoms with Gasteiger partial charge in [-0.1, -0.05) is 287 Å². The largest absolute Gasteiger partial charge is 0.756 e. The van der Waals surface area contributed by atoms with Crippen molar-refractivity contribution in [1.82, 2.24) is 5.32 Å². The van der Waals surface area contributed by atoms with Crippen LogP contribution in [-0.4, -0.2) is 68.5 Å². The van der Waals surface area contributed by atoms with Crippen LogP contribution in [0.1, 0.15) is 309 Å². The van der Waals surface area contributed by atoms with Crippen LogP contribution >= 0.6 is 7.82 Å². The van der Waals surface area contributed by atoms with Gasteiger partial charge in [-0.3, -0.25) is 9.36 Å². The molecule has 0 spiro atoms. The number of carbonyl (C=O) groups excluding carboxylic acids is 1. The number of unbranched alkanes of at least 4 members (excludes halogenated alkanes) is 40. The van der Waals surface area contributed by atoms with E-state index in [-0.39, 0.29) is 12.5 Å². The molecule has 0 bridgehead atoms. The van der Waals surface area contributed by atoms with Crippen molar-refractivity contribution in [2.45, 2.75) is 321 Å². The number of quaternary nitrogens is 1. The Morgan fingerprint density at radius 3 is 1.18 bits per heavy atom. The molecule has 2 N–H and O–H groups in total. The Morgan fingerprint density at radius 2 is 0.797 bits per heavy atom. The number of hydrogen-bond acceptors (Lipinski definition) is 6. The van der Waals surface area contributed by atoms with Crippen LogP contribution in [0.4, 0.5) is 0 Å². The van der Waals surface area contributed by atoms with Gasteiger partial charge >= 0.3 is 0 Å². The molecule has 0 saturated heterocycles. The maximum Gasteiger partial charge on any atom is 0.268 e. The van der Waals surface area contributed by atoms with Gasteiger partial charge in [-0.2, -0.15) is 0 Å². The highest BCUT2D eigenvalue weighted by atomic mass is 31.2. The summed E-state index contributed by atoms with van der Waals surface area (Å²) in [5.41, 5.74) is 0. The van der Waals surface area contributed by atoms with Gasteiger partial charge in [0.15, 0.2) is 0 Å². The fourth-order valence-corrected chi connectivity index (χ4v) is 10.2. The van der Waals surface area contributed by atoms with E-state index in [1.807, 2.05) is 27.2 Å². The van der Waals surface area contributed by atoms with E-state index in [0.29, 0.717) is 17.4 Å². The van der Waals surface area contributed by atoms with Crippen LogP contribution in [0.15, 0.2) is 48.6 Å². The standard InChI is InChI=1S/C65H125N2O6P/c1-6-8-10-12-14-16-18-20-22-24-26-28-29-30-31-32-33-34-35-36-37-39-40-42-44-46-48-50-52-54-56-58-64(68)63(62-73-74(70,71)72-61-60-67(3,4)5)66-65(69)59-57-55-53-51-49-47-45-43-41-38-27-25-23-21-19-17-15-13-11-9-7-2/h19,21,25,27,48,50,56,58,63-64,68H,6-18,20,22-24,26,28-47,49,51-55,57,59-62H2,1-5H3,(H-,66,69,70,71)/b21-19-,27-25-,50-48+,58-56+. The number of aliphatic hydroxyl groups excluding tert-OH is 1. The molecular formula is C65H125N2O6P. The number of aliphatic hydroxyl groups is 1. The summed E-state index contributed by atoms with van der Waals surface area (Å²) in [6.45, 7) is 4.65. The van der Waals surface area contributed by atoms with Crippen LogP contribution in [-0.2, 0) is 18.4 Å². The molecule has 0 aliphatic rings. The van der Waals surface area contributed by atoms with Gasteiger partial charge in [0.05, 0.1) is 39.9 Å². The van der Waals surface area contributed by atoms with Crippen molar-refractivity contribution in [3.63, 3.8) is 0 Å². The monoisotopic (exact) mass is 1060 g/mol. The molecular weight excluding hydrogens is 936 g/mol. The Balaban J connectivity index is 4.15. The average Bonchev–Trinajstić information content (AvgIpc) is 3.36. The zero-order valence-corrected chi connectivity index (χ0v) is 50.7. The Kier molecular flexibility index (Phi) is 55.0. The minimum Gasteiger partial charge on any atom is -0.756 e. The molecule has 0 heterocycles. The summed E-state index contributed by atoms with van der Waals surface area (Å²) in [7, 11) is 1.25. The van der Waals surface area contributed by atoms with Gasteiger partial charge in [-0.05, 0) is 64.2 Å². The molecule has 0 aliphatic carbocycles. The predicted octanol–water partition coefficient (Wildman–Crippen LogP) is 19.2. The van der Waals surface area contributed by atoms with Crippen LogP contribution in [0.5, 0.6) is 0 Å². The number of allylic oxidation sites excluding steroid dienone is 7.